The van der Waals surface area contributed by atoms with E-state index >= 15 is 0 Å². The Balaban J connectivity index is 1.28. The monoisotopic (exact) mass is 379 g/mol. The minimum absolute atomic E-state index is 0.0203. The minimum atomic E-state index is -0.229. The molecule has 0 N–H and O–H groups in total. The van der Waals surface area contributed by atoms with Gasteiger partial charge in [-0.3, -0.25) is 4.79 Å². The summed E-state index contributed by atoms with van der Waals surface area (Å²) in [6, 6.07) is 7.11. The maximum absolute atomic E-state index is 12.6. The molecule has 142 valence electrons. The van der Waals surface area contributed by atoms with Gasteiger partial charge in [-0.1, -0.05) is 17.7 Å². The molecule has 6 heteroatoms. The molecule has 3 aliphatic heterocycles. The normalized spacial score (nSPS) is 25.9. The van der Waals surface area contributed by atoms with Gasteiger partial charge < -0.3 is 19.1 Å². The Labute approximate surface area is 159 Å². The molecule has 3 heterocycles. The topological polar surface area (TPSA) is 48.0 Å². The highest BCUT2D eigenvalue weighted by atomic mass is 35.5. The first kappa shape index (κ1) is 18.2. The molecule has 3 aliphatic rings. The van der Waals surface area contributed by atoms with Crippen LogP contribution in [0.4, 0.5) is 0 Å². The standard InChI is InChI=1S/C20H26ClNO4/c21-17-3-1-2-16(10-17)19(23)22-13-20(14-22)11-18(6-9-26-20)25-12-15-4-7-24-8-5-15/h1-3,10,15,18H,4-9,11-14H2. The number of rotatable bonds is 4. The van der Waals surface area contributed by atoms with Gasteiger partial charge in [-0.15, -0.1) is 0 Å². The van der Waals surface area contributed by atoms with Crippen molar-refractivity contribution in [2.45, 2.75) is 37.4 Å². The van der Waals surface area contributed by atoms with E-state index in [4.69, 9.17) is 25.8 Å². The molecule has 26 heavy (non-hydrogen) atoms. The van der Waals surface area contributed by atoms with Crippen LogP contribution in [0, 0.1) is 5.92 Å². The second kappa shape index (κ2) is 7.85. The van der Waals surface area contributed by atoms with Crippen molar-refractivity contribution < 1.29 is 19.0 Å². The fraction of sp³-hybridized carbons (Fsp3) is 0.650. The predicted octanol–water partition coefficient (Wildman–Crippen LogP) is 3.16. The molecule has 0 radical (unpaired) electrons. The summed E-state index contributed by atoms with van der Waals surface area (Å²) in [4.78, 5) is 14.4. The molecule has 5 nitrogen and oxygen atoms in total. The summed E-state index contributed by atoms with van der Waals surface area (Å²) in [5, 5.41) is 0.585. The number of hydrogen-bond donors (Lipinski definition) is 0. The van der Waals surface area contributed by atoms with Crippen LogP contribution in [0.25, 0.3) is 0 Å². The third-order valence-electron chi connectivity index (χ3n) is 5.67. The van der Waals surface area contributed by atoms with Gasteiger partial charge in [-0.2, -0.15) is 0 Å². The smallest absolute Gasteiger partial charge is 0.254 e. The number of benzene rings is 1. The Bertz CT molecular complexity index is 640. The van der Waals surface area contributed by atoms with Gasteiger partial charge in [0.15, 0.2) is 0 Å². The molecular formula is C20H26ClNO4. The fourth-order valence-corrected chi connectivity index (χ4v) is 4.32. The van der Waals surface area contributed by atoms with Crippen molar-refractivity contribution in [1.29, 1.82) is 0 Å². The summed E-state index contributed by atoms with van der Waals surface area (Å²) in [6.45, 7) is 4.50. The van der Waals surface area contributed by atoms with Gasteiger partial charge in [0.1, 0.15) is 5.60 Å². The Morgan fingerprint density at radius 3 is 2.81 bits per heavy atom. The lowest BCUT2D eigenvalue weighted by Crippen LogP contribution is -2.67. The zero-order chi connectivity index (χ0) is 18.0. The SMILES string of the molecule is O=C(c1cccc(Cl)c1)N1CC2(CC(OCC3CCOCC3)CCO2)C1. The number of carbonyl (C=O) groups excluding carboxylic acids is 1. The Morgan fingerprint density at radius 2 is 2.04 bits per heavy atom. The van der Waals surface area contributed by atoms with Crippen molar-refractivity contribution in [2.24, 2.45) is 5.92 Å². The molecule has 4 rings (SSSR count). The van der Waals surface area contributed by atoms with Crippen molar-refractivity contribution in [3.05, 3.63) is 34.9 Å². The molecule has 0 aromatic heterocycles. The van der Waals surface area contributed by atoms with Crippen LogP contribution in [0.2, 0.25) is 5.02 Å². The van der Waals surface area contributed by atoms with Crippen molar-refractivity contribution in [3.63, 3.8) is 0 Å². The maximum Gasteiger partial charge on any atom is 0.254 e. The predicted molar refractivity (Wildman–Crippen MR) is 98.6 cm³/mol. The second-order valence-electron chi connectivity index (χ2n) is 7.71. The average Bonchev–Trinajstić information content (AvgIpc) is 2.65. The lowest BCUT2D eigenvalue weighted by Gasteiger charge is -2.53. The lowest BCUT2D eigenvalue weighted by atomic mass is 9.84. The quantitative estimate of drug-likeness (QED) is 0.806. The molecule has 1 amide bonds. The number of amides is 1. The Hall–Kier alpha value is -1.14. The summed E-state index contributed by atoms with van der Waals surface area (Å²) >= 11 is 6.00. The summed E-state index contributed by atoms with van der Waals surface area (Å²) in [6.07, 6.45) is 4.23. The molecule has 3 saturated heterocycles. The highest BCUT2D eigenvalue weighted by molar-refractivity contribution is 6.30. The third kappa shape index (κ3) is 4.06. The largest absolute Gasteiger partial charge is 0.381 e. The molecule has 1 aromatic rings. The summed E-state index contributed by atoms with van der Waals surface area (Å²) in [5.74, 6) is 0.636. The van der Waals surface area contributed by atoms with Gasteiger partial charge in [0.2, 0.25) is 0 Å². The van der Waals surface area contributed by atoms with Gasteiger partial charge in [0.25, 0.3) is 5.91 Å². The molecule has 1 spiro atoms. The number of ether oxygens (including phenoxy) is 3. The number of hydrogen-bond acceptors (Lipinski definition) is 4. The highest BCUT2D eigenvalue weighted by Crippen LogP contribution is 2.36. The van der Waals surface area contributed by atoms with Gasteiger partial charge in [-0.25, -0.2) is 0 Å². The summed E-state index contributed by atoms with van der Waals surface area (Å²) < 4.78 is 17.6. The first-order chi connectivity index (χ1) is 12.6. The van der Waals surface area contributed by atoms with Crippen LogP contribution >= 0.6 is 11.6 Å². The fourth-order valence-electron chi connectivity index (χ4n) is 4.13. The van der Waals surface area contributed by atoms with Gasteiger partial charge in [0, 0.05) is 43.4 Å². The zero-order valence-electron chi connectivity index (χ0n) is 15.0. The second-order valence-corrected chi connectivity index (χ2v) is 8.14. The first-order valence-electron chi connectivity index (χ1n) is 9.52. The van der Waals surface area contributed by atoms with Crippen LogP contribution in [0.1, 0.15) is 36.0 Å². The van der Waals surface area contributed by atoms with E-state index in [0.29, 0.717) is 36.2 Å². The summed E-state index contributed by atoms with van der Waals surface area (Å²) in [5.41, 5.74) is 0.405. The Kier molecular flexibility index (Phi) is 5.50. The van der Waals surface area contributed by atoms with Crippen LogP contribution in [-0.2, 0) is 14.2 Å². The summed E-state index contributed by atoms with van der Waals surface area (Å²) in [7, 11) is 0. The third-order valence-corrected chi connectivity index (χ3v) is 5.91. The van der Waals surface area contributed by atoms with Crippen molar-refractivity contribution in [1.82, 2.24) is 4.90 Å². The Morgan fingerprint density at radius 1 is 1.23 bits per heavy atom. The van der Waals surface area contributed by atoms with E-state index in [-0.39, 0.29) is 17.6 Å². The zero-order valence-corrected chi connectivity index (χ0v) is 15.7. The molecule has 1 unspecified atom stereocenters. The van der Waals surface area contributed by atoms with Gasteiger partial charge in [0.05, 0.1) is 19.2 Å². The van der Waals surface area contributed by atoms with Crippen LogP contribution in [0.3, 0.4) is 0 Å². The van der Waals surface area contributed by atoms with Crippen LogP contribution < -0.4 is 0 Å². The molecule has 0 aliphatic carbocycles. The number of halogens is 1. The minimum Gasteiger partial charge on any atom is -0.381 e. The number of likely N-dealkylation sites (tertiary alicyclic amines) is 1. The van der Waals surface area contributed by atoms with Crippen molar-refractivity contribution in [2.75, 3.05) is 39.5 Å². The molecule has 1 atom stereocenters. The van der Waals surface area contributed by atoms with Gasteiger partial charge >= 0.3 is 0 Å². The van der Waals surface area contributed by atoms with Gasteiger partial charge in [-0.05, 0) is 43.4 Å². The highest BCUT2D eigenvalue weighted by Gasteiger charge is 2.49. The molecule has 3 fully saturated rings. The van der Waals surface area contributed by atoms with E-state index in [0.717, 1.165) is 45.5 Å². The van der Waals surface area contributed by atoms with E-state index in [9.17, 15) is 4.79 Å². The van der Waals surface area contributed by atoms with Crippen LogP contribution in [0.5, 0.6) is 0 Å². The number of carbonyl (C=O) groups is 1. The van der Waals surface area contributed by atoms with E-state index in [1.807, 2.05) is 11.0 Å². The van der Waals surface area contributed by atoms with Crippen LogP contribution in [0.15, 0.2) is 24.3 Å². The van der Waals surface area contributed by atoms with E-state index in [2.05, 4.69) is 0 Å². The molecule has 0 bridgehead atoms. The maximum atomic E-state index is 12.6. The molecule has 1 aromatic carbocycles. The van der Waals surface area contributed by atoms with Crippen LogP contribution in [-0.4, -0.2) is 62.0 Å². The van der Waals surface area contributed by atoms with E-state index in [1.165, 1.54) is 0 Å². The van der Waals surface area contributed by atoms with E-state index < -0.39 is 0 Å². The lowest BCUT2D eigenvalue weighted by molar-refractivity contribution is -0.188. The van der Waals surface area contributed by atoms with E-state index in [1.54, 1.807) is 18.2 Å². The number of nitrogens with zero attached hydrogens (tertiary/aromatic N) is 1. The average molecular weight is 380 g/mol. The molecule has 0 saturated carbocycles. The van der Waals surface area contributed by atoms with Crippen molar-refractivity contribution in [3.8, 4) is 0 Å². The first-order valence-corrected chi connectivity index (χ1v) is 9.89. The molecular weight excluding hydrogens is 354 g/mol. The van der Waals surface area contributed by atoms with Crippen molar-refractivity contribution >= 4 is 17.5 Å².